The number of rotatable bonds is 3. The molecule has 0 aliphatic carbocycles. The predicted molar refractivity (Wildman–Crippen MR) is 50.7 cm³/mol. The number of ether oxygens (including phenoxy) is 3. The maximum absolute atomic E-state index is 10.9. The zero-order valence-electron chi connectivity index (χ0n) is 8.15. The first-order valence-electron chi connectivity index (χ1n) is 4.52. The molecule has 15 heavy (non-hydrogen) atoms. The molecule has 2 rings (SSSR count). The van der Waals surface area contributed by atoms with Crippen LogP contribution >= 0.6 is 0 Å². The Morgan fingerprint density at radius 3 is 3.00 bits per heavy atom. The average molecular weight is 210 g/mol. The molecule has 1 heterocycles. The summed E-state index contributed by atoms with van der Waals surface area (Å²) in [4.78, 5) is 10.9. The Morgan fingerprint density at radius 2 is 2.33 bits per heavy atom. The molecule has 1 aliphatic heterocycles. The Balaban J connectivity index is 2.52. The second-order valence-corrected chi connectivity index (χ2v) is 2.91. The largest absolute Gasteiger partial charge is 0.489 e. The van der Waals surface area contributed by atoms with Gasteiger partial charge in [0, 0.05) is 0 Å². The van der Waals surface area contributed by atoms with Crippen molar-refractivity contribution in [1.82, 2.24) is 0 Å². The summed E-state index contributed by atoms with van der Waals surface area (Å²) in [6.45, 7) is 2.25. The minimum atomic E-state index is -1.04. The van der Waals surface area contributed by atoms with Crippen LogP contribution in [0.15, 0.2) is 12.1 Å². The highest BCUT2D eigenvalue weighted by Crippen LogP contribution is 2.43. The molecule has 5 nitrogen and oxygen atoms in total. The normalized spacial score (nSPS) is 12.6. The van der Waals surface area contributed by atoms with Crippen molar-refractivity contribution in [2.75, 3.05) is 13.4 Å². The molecule has 0 spiro atoms. The fourth-order valence-corrected chi connectivity index (χ4v) is 1.40. The lowest BCUT2D eigenvalue weighted by Crippen LogP contribution is -2.03. The van der Waals surface area contributed by atoms with Gasteiger partial charge in [0.15, 0.2) is 11.5 Å². The van der Waals surface area contributed by atoms with Crippen LogP contribution in [-0.2, 0) is 0 Å². The van der Waals surface area contributed by atoms with Gasteiger partial charge in [-0.05, 0) is 19.1 Å². The molecule has 0 aromatic heterocycles. The number of carboxylic acid groups (broad SMARTS) is 1. The summed E-state index contributed by atoms with van der Waals surface area (Å²) in [5, 5.41) is 8.95. The topological polar surface area (TPSA) is 65.0 Å². The van der Waals surface area contributed by atoms with Crippen LogP contribution in [0.5, 0.6) is 17.2 Å². The summed E-state index contributed by atoms with van der Waals surface area (Å²) in [5.41, 5.74) is 0.0844. The van der Waals surface area contributed by atoms with E-state index in [2.05, 4.69) is 0 Å². The van der Waals surface area contributed by atoms with Crippen molar-refractivity contribution in [2.24, 2.45) is 0 Å². The molecule has 5 heteroatoms. The lowest BCUT2D eigenvalue weighted by molar-refractivity contribution is 0.0691. The summed E-state index contributed by atoms with van der Waals surface area (Å²) in [7, 11) is 0. The number of fused-ring (bicyclic) bond motifs is 1. The minimum Gasteiger partial charge on any atom is -0.489 e. The van der Waals surface area contributed by atoms with Gasteiger partial charge < -0.3 is 19.3 Å². The van der Waals surface area contributed by atoms with E-state index >= 15 is 0 Å². The summed E-state index contributed by atoms with van der Waals surface area (Å²) < 4.78 is 15.5. The summed E-state index contributed by atoms with van der Waals surface area (Å²) in [5.74, 6) is 0.0805. The van der Waals surface area contributed by atoms with Gasteiger partial charge in [0.1, 0.15) is 5.56 Å². The van der Waals surface area contributed by atoms with Crippen LogP contribution in [-0.4, -0.2) is 24.5 Å². The number of hydrogen-bond donors (Lipinski definition) is 1. The van der Waals surface area contributed by atoms with E-state index in [1.54, 1.807) is 13.0 Å². The van der Waals surface area contributed by atoms with Crippen LogP contribution in [0.3, 0.4) is 0 Å². The smallest absolute Gasteiger partial charge is 0.339 e. The molecule has 0 amide bonds. The zero-order valence-corrected chi connectivity index (χ0v) is 8.15. The molecule has 0 radical (unpaired) electrons. The third-order valence-corrected chi connectivity index (χ3v) is 2.01. The van der Waals surface area contributed by atoms with Crippen LogP contribution in [0.2, 0.25) is 0 Å². The first-order valence-corrected chi connectivity index (χ1v) is 4.52. The van der Waals surface area contributed by atoms with Gasteiger partial charge in [-0.2, -0.15) is 0 Å². The molecule has 0 unspecified atom stereocenters. The van der Waals surface area contributed by atoms with Gasteiger partial charge in [0.25, 0.3) is 0 Å². The number of aromatic carboxylic acids is 1. The van der Waals surface area contributed by atoms with E-state index in [0.29, 0.717) is 18.1 Å². The van der Waals surface area contributed by atoms with Gasteiger partial charge in [0.2, 0.25) is 12.5 Å². The van der Waals surface area contributed by atoms with Gasteiger partial charge in [-0.25, -0.2) is 4.79 Å². The lowest BCUT2D eigenvalue weighted by Gasteiger charge is -2.09. The van der Waals surface area contributed by atoms with Gasteiger partial charge in [-0.1, -0.05) is 0 Å². The van der Waals surface area contributed by atoms with E-state index in [1.807, 2.05) is 0 Å². The Bertz CT molecular complexity index is 399. The highest BCUT2D eigenvalue weighted by molar-refractivity contribution is 5.92. The second-order valence-electron chi connectivity index (χ2n) is 2.91. The zero-order chi connectivity index (χ0) is 10.8. The molecule has 0 atom stereocenters. The Morgan fingerprint density at radius 1 is 1.53 bits per heavy atom. The standard InChI is InChI=1S/C10H10O5/c1-2-13-8-6(10(11)12)3-4-7-9(8)15-5-14-7/h3-4H,2,5H2,1H3,(H,11,12). The fourth-order valence-electron chi connectivity index (χ4n) is 1.40. The molecule has 0 bridgehead atoms. The van der Waals surface area contributed by atoms with E-state index in [4.69, 9.17) is 19.3 Å². The average Bonchev–Trinajstić information content (AvgIpc) is 2.66. The number of carbonyl (C=O) groups is 1. The molecular formula is C10H10O5. The van der Waals surface area contributed by atoms with Crippen molar-refractivity contribution < 1.29 is 24.1 Å². The van der Waals surface area contributed by atoms with Crippen molar-refractivity contribution >= 4 is 5.97 Å². The molecule has 1 aromatic carbocycles. The van der Waals surface area contributed by atoms with E-state index in [1.165, 1.54) is 6.07 Å². The maximum Gasteiger partial charge on any atom is 0.339 e. The van der Waals surface area contributed by atoms with Crippen molar-refractivity contribution in [3.63, 3.8) is 0 Å². The van der Waals surface area contributed by atoms with Gasteiger partial charge >= 0.3 is 5.97 Å². The van der Waals surface area contributed by atoms with Crippen molar-refractivity contribution in [1.29, 1.82) is 0 Å². The maximum atomic E-state index is 10.9. The number of hydrogen-bond acceptors (Lipinski definition) is 4. The Hall–Kier alpha value is -1.91. The quantitative estimate of drug-likeness (QED) is 0.819. The van der Waals surface area contributed by atoms with E-state index in [-0.39, 0.29) is 18.1 Å². The molecular weight excluding hydrogens is 200 g/mol. The first kappa shape index (κ1) is 9.64. The predicted octanol–water partition coefficient (Wildman–Crippen LogP) is 1.51. The molecule has 1 aromatic rings. The molecule has 80 valence electrons. The highest BCUT2D eigenvalue weighted by atomic mass is 16.7. The summed E-state index contributed by atoms with van der Waals surface area (Å²) in [6, 6.07) is 3.01. The number of benzene rings is 1. The molecule has 1 aliphatic rings. The van der Waals surface area contributed by atoms with Crippen LogP contribution < -0.4 is 14.2 Å². The van der Waals surface area contributed by atoms with Crippen LogP contribution in [0, 0.1) is 0 Å². The molecule has 0 saturated carbocycles. The van der Waals surface area contributed by atoms with E-state index in [9.17, 15) is 4.79 Å². The van der Waals surface area contributed by atoms with E-state index in [0.717, 1.165) is 0 Å². The van der Waals surface area contributed by atoms with Crippen molar-refractivity contribution in [3.05, 3.63) is 17.7 Å². The van der Waals surface area contributed by atoms with Gasteiger partial charge in [-0.15, -0.1) is 0 Å². The highest BCUT2D eigenvalue weighted by Gasteiger charge is 2.24. The molecule has 0 fully saturated rings. The van der Waals surface area contributed by atoms with Crippen molar-refractivity contribution in [3.8, 4) is 17.2 Å². The third-order valence-electron chi connectivity index (χ3n) is 2.01. The van der Waals surface area contributed by atoms with Gasteiger partial charge in [0.05, 0.1) is 6.61 Å². The Labute approximate surface area is 86.2 Å². The number of carboxylic acids is 1. The van der Waals surface area contributed by atoms with E-state index < -0.39 is 5.97 Å². The summed E-state index contributed by atoms with van der Waals surface area (Å²) >= 11 is 0. The first-order chi connectivity index (χ1) is 7.24. The van der Waals surface area contributed by atoms with Crippen LogP contribution in [0.25, 0.3) is 0 Å². The fraction of sp³-hybridized carbons (Fsp3) is 0.300. The monoisotopic (exact) mass is 210 g/mol. The third kappa shape index (κ3) is 1.56. The minimum absolute atomic E-state index is 0.0844. The Kier molecular flexibility index (Phi) is 2.37. The lowest BCUT2D eigenvalue weighted by atomic mass is 10.1. The van der Waals surface area contributed by atoms with Crippen LogP contribution in [0.4, 0.5) is 0 Å². The second kappa shape index (κ2) is 3.68. The van der Waals surface area contributed by atoms with Gasteiger partial charge in [-0.3, -0.25) is 0 Å². The van der Waals surface area contributed by atoms with Crippen LogP contribution in [0.1, 0.15) is 17.3 Å². The molecule has 0 saturated heterocycles. The SMILES string of the molecule is CCOc1c(C(=O)O)ccc2c1OCO2. The molecule has 1 N–H and O–H groups in total. The summed E-state index contributed by atoms with van der Waals surface area (Å²) in [6.07, 6.45) is 0. The van der Waals surface area contributed by atoms with Crippen molar-refractivity contribution in [2.45, 2.75) is 6.92 Å².